The summed E-state index contributed by atoms with van der Waals surface area (Å²) in [6.45, 7) is 4.09. The van der Waals surface area contributed by atoms with Gasteiger partial charge >= 0.3 is 0 Å². The van der Waals surface area contributed by atoms with Crippen LogP contribution in [0.25, 0.3) is 5.13 Å². The first kappa shape index (κ1) is 19.0. The minimum absolute atomic E-state index is 0.140. The Morgan fingerprint density at radius 1 is 1.10 bits per heavy atom. The zero-order valence-electron chi connectivity index (χ0n) is 16.3. The van der Waals surface area contributed by atoms with Gasteiger partial charge in [0.2, 0.25) is 11.0 Å². The highest BCUT2D eigenvalue weighted by atomic mass is 32.1. The van der Waals surface area contributed by atoms with Gasteiger partial charge in [-0.1, -0.05) is 36.4 Å². The van der Waals surface area contributed by atoms with E-state index < -0.39 is 0 Å². The van der Waals surface area contributed by atoms with Gasteiger partial charge in [-0.05, 0) is 31.5 Å². The smallest absolute Gasteiger partial charge is 0.231 e. The summed E-state index contributed by atoms with van der Waals surface area (Å²) in [7, 11) is 0. The fourth-order valence-electron chi connectivity index (χ4n) is 3.18. The van der Waals surface area contributed by atoms with Crippen molar-refractivity contribution in [1.82, 2.24) is 19.7 Å². The summed E-state index contributed by atoms with van der Waals surface area (Å²) >= 11 is 1.49. The van der Waals surface area contributed by atoms with Crippen LogP contribution in [0.2, 0.25) is 0 Å². The van der Waals surface area contributed by atoms with Crippen LogP contribution in [0.4, 0.5) is 5.82 Å². The molecule has 3 heterocycles. The first-order chi connectivity index (χ1) is 14.1. The lowest BCUT2D eigenvalue weighted by Crippen LogP contribution is -2.15. The second kappa shape index (κ2) is 8.36. The number of nitrogens with one attached hydrogen (secondary N) is 1. The van der Waals surface area contributed by atoms with Crippen molar-refractivity contribution in [3.05, 3.63) is 88.3 Å². The Bertz CT molecular complexity index is 1120. The van der Waals surface area contributed by atoms with Gasteiger partial charge in [0.05, 0.1) is 17.8 Å². The van der Waals surface area contributed by atoms with Crippen molar-refractivity contribution in [2.75, 3.05) is 5.32 Å². The highest BCUT2D eigenvalue weighted by Gasteiger charge is 2.16. The average molecular weight is 404 g/mol. The summed E-state index contributed by atoms with van der Waals surface area (Å²) in [6.07, 6.45) is 2.68. The van der Waals surface area contributed by atoms with Gasteiger partial charge in [-0.2, -0.15) is 5.10 Å². The van der Waals surface area contributed by atoms with E-state index in [1.165, 1.54) is 22.5 Å². The molecule has 0 aliphatic heterocycles. The van der Waals surface area contributed by atoms with E-state index in [1.807, 2.05) is 47.3 Å². The van der Waals surface area contributed by atoms with Gasteiger partial charge in [-0.3, -0.25) is 4.79 Å². The van der Waals surface area contributed by atoms with Crippen molar-refractivity contribution in [3.8, 4) is 5.13 Å². The number of hydrogen-bond donors (Lipinski definition) is 1. The number of carbonyl (C=O) groups excluding carboxylic acids is 1. The normalized spacial score (nSPS) is 10.8. The number of benzene rings is 1. The highest BCUT2D eigenvalue weighted by molar-refractivity contribution is 7.12. The number of rotatable bonds is 6. The molecule has 4 aromatic rings. The molecular weight excluding hydrogens is 382 g/mol. The molecule has 0 aliphatic carbocycles. The number of amides is 1. The van der Waals surface area contributed by atoms with Gasteiger partial charge in [0, 0.05) is 29.3 Å². The van der Waals surface area contributed by atoms with Gasteiger partial charge in [-0.25, -0.2) is 14.6 Å². The monoisotopic (exact) mass is 403 g/mol. The predicted molar refractivity (Wildman–Crippen MR) is 115 cm³/mol. The van der Waals surface area contributed by atoms with Crippen LogP contribution in [0.15, 0.2) is 60.1 Å². The van der Waals surface area contributed by atoms with Gasteiger partial charge in [-0.15, -0.1) is 11.3 Å². The van der Waals surface area contributed by atoms with E-state index in [0.717, 1.165) is 28.6 Å². The van der Waals surface area contributed by atoms with Crippen LogP contribution in [0.3, 0.4) is 0 Å². The van der Waals surface area contributed by atoms with E-state index in [1.54, 1.807) is 12.3 Å². The minimum Gasteiger partial charge on any atom is -0.310 e. The van der Waals surface area contributed by atoms with Crippen LogP contribution in [-0.4, -0.2) is 25.7 Å². The summed E-state index contributed by atoms with van der Waals surface area (Å²) in [6, 6.07) is 15.8. The van der Waals surface area contributed by atoms with Crippen molar-refractivity contribution in [3.63, 3.8) is 0 Å². The SMILES string of the molecule is Cc1nn(-c2nc(CC(=O)Nc3ccccn3)cs2)c(C)c1Cc1ccccc1. The van der Waals surface area contributed by atoms with Gasteiger partial charge in [0.15, 0.2) is 0 Å². The average Bonchev–Trinajstić information content (AvgIpc) is 3.29. The van der Waals surface area contributed by atoms with Crippen molar-refractivity contribution >= 4 is 23.1 Å². The number of thiazole rings is 1. The third-order valence-electron chi connectivity index (χ3n) is 4.66. The van der Waals surface area contributed by atoms with Crippen LogP contribution >= 0.6 is 11.3 Å². The lowest BCUT2D eigenvalue weighted by molar-refractivity contribution is -0.115. The molecule has 0 saturated heterocycles. The van der Waals surface area contributed by atoms with Crippen molar-refractivity contribution in [1.29, 1.82) is 0 Å². The first-order valence-electron chi connectivity index (χ1n) is 9.35. The van der Waals surface area contributed by atoms with Crippen molar-refractivity contribution in [2.45, 2.75) is 26.7 Å². The molecule has 29 heavy (non-hydrogen) atoms. The van der Waals surface area contributed by atoms with E-state index in [4.69, 9.17) is 5.10 Å². The topological polar surface area (TPSA) is 72.7 Å². The van der Waals surface area contributed by atoms with E-state index in [0.29, 0.717) is 5.82 Å². The number of pyridine rings is 1. The molecule has 0 unspecified atom stereocenters. The fourth-order valence-corrected chi connectivity index (χ4v) is 4.01. The standard InChI is InChI=1S/C22H21N5OS/c1-15-19(12-17-8-4-3-5-9-17)16(2)27(26-15)22-24-18(14-29-22)13-21(28)25-20-10-6-7-11-23-20/h3-11,14H,12-13H2,1-2H3,(H,23,25,28). The zero-order valence-corrected chi connectivity index (χ0v) is 17.1. The molecule has 0 aliphatic rings. The molecule has 0 fully saturated rings. The molecule has 0 saturated carbocycles. The Morgan fingerprint density at radius 3 is 2.66 bits per heavy atom. The molecule has 1 N–H and O–H groups in total. The Labute approximate surface area is 173 Å². The van der Waals surface area contributed by atoms with E-state index >= 15 is 0 Å². The maximum Gasteiger partial charge on any atom is 0.231 e. The molecule has 4 rings (SSSR count). The number of aryl methyl sites for hydroxylation is 1. The summed E-state index contributed by atoms with van der Waals surface area (Å²) in [5.41, 5.74) is 5.25. The summed E-state index contributed by atoms with van der Waals surface area (Å²) < 4.78 is 1.87. The summed E-state index contributed by atoms with van der Waals surface area (Å²) in [5.74, 6) is 0.399. The van der Waals surface area contributed by atoms with Crippen LogP contribution in [0.5, 0.6) is 0 Å². The lowest BCUT2D eigenvalue weighted by atomic mass is 10.0. The molecule has 1 amide bonds. The number of hydrogen-bond acceptors (Lipinski definition) is 5. The predicted octanol–water partition coefficient (Wildman–Crippen LogP) is 4.11. The second-order valence-electron chi connectivity index (χ2n) is 6.78. The molecule has 0 bridgehead atoms. The minimum atomic E-state index is -0.140. The zero-order chi connectivity index (χ0) is 20.2. The lowest BCUT2D eigenvalue weighted by Gasteiger charge is -2.03. The van der Waals surface area contributed by atoms with Crippen LogP contribution in [0, 0.1) is 13.8 Å². The Morgan fingerprint density at radius 2 is 1.90 bits per heavy atom. The number of aromatic nitrogens is 4. The van der Waals surface area contributed by atoms with Gasteiger partial charge < -0.3 is 5.32 Å². The third kappa shape index (κ3) is 4.41. The molecule has 0 radical (unpaired) electrons. The molecule has 3 aromatic heterocycles. The van der Waals surface area contributed by atoms with E-state index in [2.05, 4.69) is 34.3 Å². The number of anilines is 1. The molecule has 7 heteroatoms. The van der Waals surface area contributed by atoms with Crippen molar-refractivity contribution < 1.29 is 4.79 Å². The number of carbonyl (C=O) groups is 1. The van der Waals surface area contributed by atoms with Crippen LogP contribution in [-0.2, 0) is 17.6 Å². The molecule has 146 valence electrons. The molecule has 6 nitrogen and oxygen atoms in total. The quantitative estimate of drug-likeness (QED) is 0.526. The molecular formula is C22H21N5OS. The molecule has 0 atom stereocenters. The first-order valence-corrected chi connectivity index (χ1v) is 10.2. The maximum absolute atomic E-state index is 12.2. The Hall–Kier alpha value is -3.32. The second-order valence-corrected chi connectivity index (χ2v) is 7.62. The van der Waals surface area contributed by atoms with Gasteiger partial charge in [0.25, 0.3) is 0 Å². The fraction of sp³-hybridized carbons (Fsp3) is 0.182. The van der Waals surface area contributed by atoms with Gasteiger partial charge in [0.1, 0.15) is 5.82 Å². The third-order valence-corrected chi connectivity index (χ3v) is 5.52. The highest BCUT2D eigenvalue weighted by Crippen LogP contribution is 2.23. The Balaban J connectivity index is 1.49. The van der Waals surface area contributed by atoms with Crippen LogP contribution in [0.1, 0.15) is 28.2 Å². The maximum atomic E-state index is 12.2. The van der Waals surface area contributed by atoms with E-state index in [9.17, 15) is 4.79 Å². The van der Waals surface area contributed by atoms with Crippen molar-refractivity contribution in [2.24, 2.45) is 0 Å². The van der Waals surface area contributed by atoms with E-state index in [-0.39, 0.29) is 12.3 Å². The largest absolute Gasteiger partial charge is 0.310 e. The number of nitrogens with zero attached hydrogens (tertiary/aromatic N) is 4. The molecule has 0 spiro atoms. The Kier molecular flexibility index (Phi) is 5.48. The molecule has 1 aromatic carbocycles. The summed E-state index contributed by atoms with van der Waals surface area (Å²) in [5, 5.41) is 10.1. The summed E-state index contributed by atoms with van der Waals surface area (Å²) in [4.78, 5) is 21.0. The van der Waals surface area contributed by atoms with Crippen LogP contribution < -0.4 is 5.32 Å².